The molecule has 11 heteroatoms. The van der Waals surface area contributed by atoms with Gasteiger partial charge in [-0.05, 0) is 67.5 Å². The second kappa shape index (κ2) is 15.0. The first-order valence-electron chi connectivity index (χ1n) is 14.6. The number of primary amides is 1. The summed E-state index contributed by atoms with van der Waals surface area (Å²) in [6.45, 7) is 5.55. The van der Waals surface area contributed by atoms with E-state index in [9.17, 15) is 19.2 Å². The number of rotatable bonds is 2. The van der Waals surface area contributed by atoms with Crippen LogP contribution in [-0.2, 0) is 25.7 Å². The highest BCUT2D eigenvalue weighted by molar-refractivity contribution is 5.90. The Hall–Kier alpha value is -4.67. The highest BCUT2D eigenvalue weighted by atomic mass is 16.5. The van der Waals surface area contributed by atoms with E-state index in [1.807, 2.05) is 60.4 Å². The summed E-state index contributed by atoms with van der Waals surface area (Å²) < 4.78 is 7.73. The molecule has 2 aliphatic heterocycles. The van der Waals surface area contributed by atoms with Crippen molar-refractivity contribution < 1.29 is 23.9 Å². The molecule has 2 aromatic carbocycles. The third kappa shape index (κ3) is 9.16. The minimum Gasteiger partial charge on any atom is -0.494 e. The minimum atomic E-state index is -0.956. The van der Waals surface area contributed by atoms with Crippen LogP contribution >= 0.6 is 0 Å². The SMILES string of the molecule is CC(N)=O.Cc1ccc2cc1CNC(=O)C(c1cnn(-c3ccccc3)c1)NC(=O)CCC(=O)N1CCCC(CCO2)C1. The molecule has 0 spiro atoms. The number of hydrogen-bond acceptors (Lipinski definition) is 6. The van der Waals surface area contributed by atoms with Gasteiger partial charge in [-0.2, -0.15) is 5.10 Å². The molecule has 1 aromatic heterocycles. The second-order valence-corrected chi connectivity index (χ2v) is 11.0. The largest absolute Gasteiger partial charge is 0.494 e. The number of para-hydroxylation sites is 1. The van der Waals surface area contributed by atoms with E-state index in [4.69, 9.17) is 4.74 Å². The van der Waals surface area contributed by atoms with E-state index in [-0.39, 0.29) is 43.0 Å². The molecular formula is C32H40N6O5. The number of fused-ring (bicyclic) bond motifs is 4. The Bertz CT molecular complexity index is 1420. The molecule has 4 N–H and O–H groups in total. The summed E-state index contributed by atoms with van der Waals surface area (Å²) in [5.74, 6) is 0.0667. The van der Waals surface area contributed by atoms with Crippen LogP contribution in [-0.4, -0.2) is 58.0 Å². The molecule has 1 fully saturated rings. The zero-order chi connectivity index (χ0) is 30.8. The fraction of sp³-hybridized carbons (Fsp3) is 0.406. The number of nitrogens with zero attached hydrogens (tertiary/aromatic N) is 3. The van der Waals surface area contributed by atoms with Crippen molar-refractivity contribution in [3.63, 3.8) is 0 Å². The molecule has 4 bridgehead atoms. The Labute approximate surface area is 251 Å². The van der Waals surface area contributed by atoms with Gasteiger partial charge in [0, 0.05) is 51.2 Å². The highest BCUT2D eigenvalue weighted by Crippen LogP contribution is 2.23. The van der Waals surface area contributed by atoms with Crippen molar-refractivity contribution in [2.45, 2.75) is 58.5 Å². The lowest BCUT2D eigenvalue weighted by Crippen LogP contribution is -2.42. The molecule has 2 aliphatic rings. The van der Waals surface area contributed by atoms with E-state index in [2.05, 4.69) is 21.5 Å². The van der Waals surface area contributed by atoms with Gasteiger partial charge >= 0.3 is 0 Å². The summed E-state index contributed by atoms with van der Waals surface area (Å²) in [6, 6.07) is 14.5. The highest BCUT2D eigenvalue weighted by Gasteiger charge is 2.27. The molecule has 228 valence electrons. The van der Waals surface area contributed by atoms with E-state index in [1.54, 1.807) is 17.1 Å². The Morgan fingerprint density at radius 3 is 2.60 bits per heavy atom. The molecule has 3 heterocycles. The van der Waals surface area contributed by atoms with Gasteiger partial charge in [-0.25, -0.2) is 4.68 Å². The first-order valence-corrected chi connectivity index (χ1v) is 14.6. The summed E-state index contributed by atoms with van der Waals surface area (Å²) in [5, 5.41) is 10.2. The number of amides is 4. The third-order valence-corrected chi connectivity index (χ3v) is 7.53. The molecule has 2 atom stereocenters. The van der Waals surface area contributed by atoms with Gasteiger partial charge in [-0.3, -0.25) is 19.2 Å². The average molecular weight is 589 g/mol. The normalized spacial score (nSPS) is 19.9. The minimum absolute atomic E-state index is 0.0147. The van der Waals surface area contributed by atoms with Gasteiger partial charge < -0.3 is 26.0 Å². The number of nitrogens with two attached hydrogens (primary N) is 1. The summed E-state index contributed by atoms with van der Waals surface area (Å²) in [4.78, 5) is 50.4. The zero-order valence-electron chi connectivity index (χ0n) is 24.8. The summed E-state index contributed by atoms with van der Waals surface area (Å²) in [5.41, 5.74) is 7.85. The molecule has 0 radical (unpaired) electrons. The van der Waals surface area contributed by atoms with Crippen molar-refractivity contribution in [1.82, 2.24) is 25.3 Å². The van der Waals surface area contributed by atoms with Gasteiger partial charge in [0.15, 0.2) is 0 Å². The maximum atomic E-state index is 13.4. The second-order valence-electron chi connectivity index (χ2n) is 11.0. The fourth-order valence-corrected chi connectivity index (χ4v) is 5.20. The third-order valence-electron chi connectivity index (χ3n) is 7.53. The van der Waals surface area contributed by atoms with Crippen LogP contribution in [0, 0.1) is 12.8 Å². The lowest BCUT2D eigenvalue weighted by atomic mass is 9.95. The van der Waals surface area contributed by atoms with Crippen LogP contribution in [0.1, 0.15) is 61.8 Å². The maximum Gasteiger partial charge on any atom is 0.247 e. The standard InChI is InChI=1S/C30H35N5O4.C2H5NO/c1-21-9-10-26-16-23(21)17-31-30(38)29(24-18-32-35(20-24)25-7-3-2-4-8-25)33-27(36)11-12-28(37)34-14-5-6-22(19-34)13-15-39-26;1-2(3)4/h2-4,7-10,16,18,20,22,29H,5-6,11-15,17,19H2,1H3,(H,31,38)(H,33,36);1H3,(H2,3,4). The number of aryl methyl sites for hydroxylation is 1. The smallest absolute Gasteiger partial charge is 0.247 e. The Morgan fingerprint density at radius 1 is 1.07 bits per heavy atom. The van der Waals surface area contributed by atoms with Crippen molar-refractivity contribution >= 4 is 23.6 Å². The molecule has 2 unspecified atom stereocenters. The molecule has 1 saturated heterocycles. The number of ether oxygens (including phenoxy) is 1. The number of benzene rings is 2. The molecule has 3 aromatic rings. The van der Waals surface area contributed by atoms with Crippen molar-refractivity contribution in [2.24, 2.45) is 11.7 Å². The van der Waals surface area contributed by atoms with Crippen molar-refractivity contribution in [3.05, 3.63) is 77.6 Å². The first kappa shape index (κ1) is 31.3. The first-order chi connectivity index (χ1) is 20.7. The maximum absolute atomic E-state index is 13.4. The molecule has 4 amide bonds. The van der Waals surface area contributed by atoms with Crippen molar-refractivity contribution in [3.8, 4) is 11.4 Å². The van der Waals surface area contributed by atoms with Gasteiger partial charge in [0.2, 0.25) is 23.6 Å². The molecule has 0 saturated carbocycles. The number of piperidine rings is 1. The number of aromatic nitrogens is 2. The van der Waals surface area contributed by atoms with Crippen LogP contribution in [0.2, 0.25) is 0 Å². The fourth-order valence-electron chi connectivity index (χ4n) is 5.20. The number of nitrogens with one attached hydrogen (secondary N) is 2. The zero-order valence-corrected chi connectivity index (χ0v) is 24.8. The van der Waals surface area contributed by atoms with Crippen molar-refractivity contribution in [2.75, 3.05) is 19.7 Å². The van der Waals surface area contributed by atoms with Gasteiger partial charge in [0.1, 0.15) is 11.8 Å². The van der Waals surface area contributed by atoms with E-state index in [1.165, 1.54) is 6.92 Å². The van der Waals surface area contributed by atoms with E-state index < -0.39 is 6.04 Å². The molecular weight excluding hydrogens is 548 g/mol. The van der Waals surface area contributed by atoms with Crippen LogP contribution in [0.5, 0.6) is 5.75 Å². The Morgan fingerprint density at radius 2 is 1.84 bits per heavy atom. The number of carbonyl (C=O) groups excluding carboxylic acids is 4. The molecule has 0 aliphatic carbocycles. The van der Waals surface area contributed by atoms with Crippen LogP contribution < -0.4 is 21.1 Å². The monoisotopic (exact) mass is 588 g/mol. The lowest BCUT2D eigenvalue weighted by Gasteiger charge is -2.33. The molecule has 5 rings (SSSR count). The van der Waals surface area contributed by atoms with Crippen LogP contribution in [0.15, 0.2) is 60.9 Å². The Balaban J connectivity index is 0.000000996. The van der Waals surface area contributed by atoms with E-state index >= 15 is 0 Å². The van der Waals surface area contributed by atoms with Crippen molar-refractivity contribution in [1.29, 1.82) is 0 Å². The summed E-state index contributed by atoms with van der Waals surface area (Å²) in [6.07, 6.45) is 6.33. The van der Waals surface area contributed by atoms with Crippen LogP contribution in [0.4, 0.5) is 0 Å². The topological polar surface area (TPSA) is 149 Å². The average Bonchev–Trinajstić information content (AvgIpc) is 3.49. The van der Waals surface area contributed by atoms with Crippen LogP contribution in [0.25, 0.3) is 5.69 Å². The summed E-state index contributed by atoms with van der Waals surface area (Å²) >= 11 is 0. The van der Waals surface area contributed by atoms with Gasteiger partial charge in [0.05, 0.1) is 18.5 Å². The molecule has 43 heavy (non-hydrogen) atoms. The van der Waals surface area contributed by atoms with Gasteiger partial charge in [-0.1, -0.05) is 24.3 Å². The lowest BCUT2D eigenvalue weighted by molar-refractivity contribution is -0.135. The Kier molecular flexibility index (Phi) is 10.9. The number of hydrogen-bond donors (Lipinski definition) is 3. The quantitative estimate of drug-likeness (QED) is 0.419. The predicted octanol–water partition coefficient (Wildman–Crippen LogP) is 2.95. The van der Waals surface area contributed by atoms with Crippen LogP contribution in [0.3, 0.4) is 0 Å². The van der Waals surface area contributed by atoms with Gasteiger partial charge in [-0.15, -0.1) is 0 Å². The molecule has 11 nitrogen and oxygen atoms in total. The van der Waals surface area contributed by atoms with E-state index in [0.29, 0.717) is 31.2 Å². The predicted molar refractivity (Wildman–Crippen MR) is 161 cm³/mol. The van der Waals surface area contributed by atoms with E-state index in [0.717, 1.165) is 41.8 Å². The van der Waals surface area contributed by atoms with Gasteiger partial charge in [0.25, 0.3) is 0 Å². The number of carbonyl (C=O) groups is 4. The summed E-state index contributed by atoms with van der Waals surface area (Å²) in [7, 11) is 0.